The van der Waals surface area contributed by atoms with Gasteiger partial charge in [-0.05, 0) is 12.0 Å². The van der Waals surface area contributed by atoms with E-state index in [0.717, 1.165) is 0 Å². The topological polar surface area (TPSA) is 109 Å². The Balaban J connectivity index is 2.82. The van der Waals surface area contributed by atoms with Gasteiger partial charge in [-0.3, -0.25) is 10.1 Å². The van der Waals surface area contributed by atoms with Gasteiger partial charge in [-0.25, -0.2) is 0 Å². The summed E-state index contributed by atoms with van der Waals surface area (Å²) in [5.74, 6) is -1.37. The molecule has 0 saturated carbocycles. The van der Waals surface area contributed by atoms with Gasteiger partial charge < -0.3 is 15.6 Å². The van der Waals surface area contributed by atoms with Gasteiger partial charge in [-0.2, -0.15) is 0 Å². The smallest absolute Gasteiger partial charge is 0.269 e. The minimum atomic E-state index is -1.37. The maximum atomic E-state index is 10.4. The van der Waals surface area contributed by atoms with E-state index in [9.17, 15) is 20.0 Å². The quantitative estimate of drug-likeness (QED) is 0.516. The fourth-order valence-electron chi connectivity index (χ4n) is 1.13. The maximum Gasteiger partial charge on any atom is 0.269 e. The molecule has 0 aliphatic rings. The van der Waals surface area contributed by atoms with Crippen LogP contribution in [0.3, 0.4) is 0 Å². The predicted molar refractivity (Wildman–Crippen MR) is 49.8 cm³/mol. The minimum absolute atomic E-state index is 0.0179. The van der Waals surface area contributed by atoms with Crippen LogP contribution in [-0.2, 0) is 11.2 Å². The first-order valence-corrected chi connectivity index (χ1v) is 4.20. The zero-order valence-electron chi connectivity index (χ0n) is 7.75. The summed E-state index contributed by atoms with van der Waals surface area (Å²) >= 11 is 0. The number of nitro groups is 1. The van der Waals surface area contributed by atoms with Gasteiger partial charge in [0.15, 0.2) is 0 Å². The number of benzene rings is 1. The average molecular weight is 209 g/mol. The molecule has 6 nitrogen and oxygen atoms in total. The molecule has 1 aromatic carbocycles. The number of carboxylic acid groups (broad SMARTS) is 1. The SMILES string of the molecule is NC(Cc1cccc([N+](=O)[O-])c1)C(=O)[O-]. The van der Waals surface area contributed by atoms with Gasteiger partial charge in [0.25, 0.3) is 5.69 Å². The van der Waals surface area contributed by atoms with Crippen LogP contribution in [0.25, 0.3) is 0 Å². The van der Waals surface area contributed by atoms with Gasteiger partial charge in [0, 0.05) is 18.2 Å². The van der Waals surface area contributed by atoms with Crippen molar-refractivity contribution in [1.82, 2.24) is 0 Å². The molecule has 0 saturated heterocycles. The van der Waals surface area contributed by atoms with Crippen LogP contribution in [0.4, 0.5) is 5.69 Å². The lowest BCUT2D eigenvalue weighted by Crippen LogP contribution is -2.43. The van der Waals surface area contributed by atoms with E-state index in [2.05, 4.69) is 0 Å². The van der Waals surface area contributed by atoms with Crippen molar-refractivity contribution in [3.63, 3.8) is 0 Å². The molecule has 1 unspecified atom stereocenters. The summed E-state index contributed by atoms with van der Waals surface area (Å²) in [6, 6.07) is 4.54. The first-order chi connectivity index (χ1) is 7.00. The van der Waals surface area contributed by atoms with Gasteiger partial charge in [0.05, 0.1) is 10.9 Å². The Hall–Kier alpha value is -1.95. The molecule has 0 spiro atoms. The summed E-state index contributed by atoms with van der Waals surface area (Å²) in [6.45, 7) is 0. The molecule has 1 aromatic rings. The molecule has 1 atom stereocenters. The van der Waals surface area contributed by atoms with Crippen molar-refractivity contribution in [1.29, 1.82) is 0 Å². The molecule has 0 aromatic heterocycles. The van der Waals surface area contributed by atoms with E-state index in [0.29, 0.717) is 5.56 Å². The zero-order valence-corrected chi connectivity index (χ0v) is 7.75. The summed E-state index contributed by atoms with van der Waals surface area (Å²) in [4.78, 5) is 20.2. The highest BCUT2D eigenvalue weighted by molar-refractivity contribution is 5.71. The van der Waals surface area contributed by atoms with E-state index in [4.69, 9.17) is 5.73 Å². The van der Waals surface area contributed by atoms with Crippen molar-refractivity contribution in [2.24, 2.45) is 5.73 Å². The molecular weight excluding hydrogens is 200 g/mol. The molecular formula is C9H9N2O4-. The molecule has 2 N–H and O–H groups in total. The number of nitrogens with zero attached hydrogens (tertiary/aromatic N) is 1. The Bertz CT molecular complexity index is 391. The maximum absolute atomic E-state index is 10.4. The number of carbonyl (C=O) groups excluding carboxylic acids is 1. The molecule has 0 aliphatic carbocycles. The van der Waals surface area contributed by atoms with Crippen LogP contribution in [0.5, 0.6) is 0 Å². The Labute approximate surface area is 85.5 Å². The van der Waals surface area contributed by atoms with Crippen molar-refractivity contribution in [3.05, 3.63) is 39.9 Å². The third kappa shape index (κ3) is 3.03. The molecule has 15 heavy (non-hydrogen) atoms. The zero-order chi connectivity index (χ0) is 11.4. The number of hydrogen-bond acceptors (Lipinski definition) is 5. The van der Waals surface area contributed by atoms with E-state index < -0.39 is 16.9 Å². The molecule has 0 fully saturated rings. The fraction of sp³-hybridized carbons (Fsp3) is 0.222. The summed E-state index contributed by atoms with van der Waals surface area (Å²) < 4.78 is 0. The second kappa shape index (κ2) is 4.52. The van der Waals surface area contributed by atoms with E-state index in [-0.39, 0.29) is 12.1 Å². The first kappa shape index (κ1) is 11.1. The van der Waals surface area contributed by atoms with Crippen molar-refractivity contribution < 1.29 is 14.8 Å². The van der Waals surface area contributed by atoms with Crippen molar-refractivity contribution in [2.45, 2.75) is 12.5 Å². The van der Waals surface area contributed by atoms with E-state index in [1.165, 1.54) is 18.2 Å². The van der Waals surface area contributed by atoms with Crippen molar-refractivity contribution in [2.75, 3.05) is 0 Å². The van der Waals surface area contributed by atoms with Crippen molar-refractivity contribution >= 4 is 11.7 Å². The second-order valence-electron chi connectivity index (χ2n) is 3.06. The van der Waals surface area contributed by atoms with Crippen molar-refractivity contribution in [3.8, 4) is 0 Å². The Morgan fingerprint density at radius 3 is 2.73 bits per heavy atom. The van der Waals surface area contributed by atoms with E-state index in [1.807, 2.05) is 0 Å². The molecule has 0 heterocycles. The van der Waals surface area contributed by atoms with Crippen LogP contribution in [0, 0.1) is 10.1 Å². The molecule has 80 valence electrons. The molecule has 0 amide bonds. The van der Waals surface area contributed by atoms with Crippen LogP contribution < -0.4 is 10.8 Å². The summed E-state index contributed by atoms with van der Waals surface area (Å²) in [6.07, 6.45) is 0.0179. The van der Waals surface area contributed by atoms with Crippen LogP contribution in [0.2, 0.25) is 0 Å². The number of carbonyl (C=O) groups is 1. The number of carboxylic acids is 1. The summed E-state index contributed by atoms with van der Waals surface area (Å²) in [7, 11) is 0. The largest absolute Gasteiger partial charge is 0.548 e. The monoisotopic (exact) mass is 209 g/mol. The van der Waals surface area contributed by atoms with Crippen LogP contribution in [0.1, 0.15) is 5.56 Å². The molecule has 0 aliphatic heterocycles. The van der Waals surface area contributed by atoms with E-state index >= 15 is 0 Å². The van der Waals surface area contributed by atoms with Gasteiger partial charge in [-0.15, -0.1) is 0 Å². The lowest BCUT2D eigenvalue weighted by molar-refractivity contribution is -0.384. The first-order valence-electron chi connectivity index (χ1n) is 4.20. The number of nitro benzene ring substituents is 1. The Kier molecular flexibility index (Phi) is 3.35. The average Bonchev–Trinajstić information content (AvgIpc) is 2.18. The Morgan fingerprint density at radius 1 is 1.53 bits per heavy atom. The van der Waals surface area contributed by atoms with Gasteiger partial charge >= 0.3 is 0 Å². The number of rotatable bonds is 4. The fourth-order valence-corrected chi connectivity index (χ4v) is 1.13. The highest BCUT2D eigenvalue weighted by atomic mass is 16.6. The lowest BCUT2D eigenvalue weighted by atomic mass is 10.1. The molecule has 0 bridgehead atoms. The summed E-state index contributed by atoms with van der Waals surface area (Å²) in [5, 5.41) is 20.8. The number of hydrogen-bond donors (Lipinski definition) is 1. The normalized spacial score (nSPS) is 12.1. The molecule has 6 heteroatoms. The predicted octanol–water partition coefficient (Wildman–Crippen LogP) is -0.786. The highest BCUT2D eigenvalue weighted by Gasteiger charge is 2.09. The van der Waals surface area contributed by atoms with Gasteiger partial charge in [-0.1, -0.05) is 12.1 Å². The van der Waals surface area contributed by atoms with Crippen LogP contribution in [-0.4, -0.2) is 16.9 Å². The number of nitrogens with two attached hydrogens (primary N) is 1. The molecule has 1 rings (SSSR count). The number of non-ortho nitro benzene ring substituents is 1. The standard InChI is InChI=1S/C9H10N2O4/c10-8(9(12)13)5-6-2-1-3-7(4-6)11(14)15/h1-4,8H,5,10H2,(H,12,13)/p-1. The third-order valence-corrected chi connectivity index (χ3v) is 1.88. The summed E-state index contributed by atoms with van der Waals surface area (Å²) in [5.41, 5.74) is 5.66. The van der Waals surface area contributed by atoms with E-state index in [1.54, 1.807) is 6.07 Å². The second-order valence-corrected chi connectivity index (χ2v) is 3.06. The highest BCUT2D eigenvalue weighted by Crippen LogP contribution is 2.13. The van der Waals surface area contributed by atoms with Crippen LogP contribution >= 0.6 is 0 Å². The van der Waals surface area contributed by atoms with Crippen LogP contribution in [0.15, 0.2) is 24.3 Å². The molecule has 0 radical (unpaired) electrons. The number of aliphatic carboxylic acids is 1. The van der Waals surface area contributed by atoms with Gasteiger partial charge in [0.2, 0.25) is 0 Å². The Morgan fingerprint density at radius 2 is 2.20 bits per heavy atom. The lowest BCUT2D eigenvalue weighted by Gasteiger charge is -2.11. The third-order valence-electron chi connectivity index (χ3n) is 1.88. The minimum Gasteiger partial charge on any atom is -0.548 e. The van der Waals surface area contributed by atoms with Gasteiger partial charge in [0.1, 0.15) is 0 Å².